The molecule has 0 unspecified atom stereocenters. The highest BCUT2D eigenvalue weighted by atomic mass is 35.5. The van der Waals surface area contributed by atoms with E-state index >= 15 is 0 Å². The molecule has 3 aromatic rings. The van der Waals surface area contributed by atoms with E-state index in [1.165, 1.54) is 12.4 Å². The van der Waals surface area contributed by atoms with Crippen LogP contribution in [0.15, 0.2) is 48.9 Å². The lowest BCUT2D eigenvalue weighted by molar-refractivity contribution is 0.103. The van der Waals surface area contributed by atoms with Gasteiger partial charge in [0.25, 0.3) is 0 Å². The number of nitrogens with zero attached hydrogens (tertiary/aromatic N) is 3. The zero-order valence-electron chi connectivity index (χ0n) is 12.3. The van der Waals surface area contributed by atoms with Gasteiger partial charge in [-0.1, -0.05) is 11.6 Å². The fraction of sp³-hybridized carbons (Fsp3) is 0.0588. The Labute approximate surface area is 138 Å². The van der Waals surface area contributed by atoms with Gasteiger partial charge in [-0.15, -0.1) is 0 Å². The number of halogens is 1. The SMILES string of the molecule is Cc1cc(Cl)cc(-c2cnc(N)c(C(=O)c3cccnc3)n2)c1. The summed E-state index contributed by atoms with van der Waals surface area (Å²) in [6.45, 7) is 1.93. The largest absolute Gasteiger partial charge is 0.382 e. The number of hydrogen-bond acceptors (Lipinski definition) is 5. The Kier molecular flexibility index (Phi) is 4.04. The average molecular weight is 325 g/mol. The van der Waals surface area contributed by atoms with Crippen LogP contribution < -0.4 is 5.73 Å². The normalized spacial score (nSPS) is 10.5. The van der Waals surface area contributed by atoms with Crippen molar-refractivity contribution < 1.29 is 4.79 Å². The Morgan fingerprint density at radius 2 is 2.04 bits per heavy atom. The number of ketones is 1. The van der Waals surface area contributed by atoms with Crippen LogP contribution >= 0.6 is 11.6 Å². The van der Waals surface area contributed by atoms with Crippen molar-refractivity contribution >= 4 is 23.2 Å². The smallest absolute Gasteiger partial charge is 0.216 e. The summed E-state index contributed by atoms with van der Waals surface area (Å²) in [5, 5.41) is 0.596. The second-order valence-electron chi connectivity index (χ2n) is 5.08. The van der Waals surface area contributed by atoms with E-state index in [0.717, 1.165) is 11.1 Å². The van der Waals surface area contributed by atoms with Gasteiger partial charge >= 0.3 is 0 Å². The number of aromatic nitrogens is 3. The lowest BCUT2D eigenvalue weighted by atomic mass is 10.1. The molecule has 0 aliphatic rings. The molecule has 0 radical (unpaired) electrons. The minimum absolute atomic E-state index is 0.0846. The van der Waals surface area contributed by atoms with Gasteiger partial charge < -0.3 is 5.73 Å². The minimum atomic E-state index is -0.316. The van der Waals surface area contributed by atoms with Crippen molar-refractivity contribution in [3.63, 3.8) is 0 Å². The fourth-order valence-corrected chi connectivity index (χ4v) is 2.51. The van der Waals surface area contributed by atoms with Crippen molar-refractivity contribution in [2.45, 2.75) is 6.92 Å². The minimum Gasteiger partial charge on any atom is -0.382 e. The molecule has 2 aromatic heterocycles. The van der Waals surface area contributed by atoms with Gasteiger partial charge in [0.1, 0.15) is 0 Å². The molecule has 23 heavy (non-hydrogen) atoms. The van der Waals surface area contributed by atoms with Crippen LogP contribution in [0.25, 0.3) is 11.3 Å². The molecule has 114 valence electrons. The second kappa shape index (κ2) is 6.14. The third-order valence-corrected chi connectivity index (χ3v) is 3.50. The first-order chi connectivity index (χ1) is 11.0. The van der Waals surface area contributed by atoms with E-state index in [2.05, 4.69) is 15.0 Å². The van der Waals surface area contributed by atoms with E-state index in [-0.39, 0.29) is 17.3 Å². The number of pyridine rings is 1. The molecule has 0 atom stereocenters. The summed E-state index contributed by atoms with van der Waals surface area (Å²) in [7, 11) is 0. The number of carbonyl (C=O) groups excluding carboxylic acids is 1. The summed E-state index contributed by atoms with van der Waals surface area (Å²) in [4.78, 5) is 24.9. The predicted molar refractivity (Wildman–Crippen MR) is 89.3 cm³/mol. The Balaban J connectivity index is 2.08. The van der Waals surface area contributed by atoms with Crippen LogP contribution in [0.1, 0.15) is 21.6 Å². The van der Waals surface area contributed by atoms with Gasteiger partial charge in [-0.2, -0.15) is 0 Å². The van der Waals surface area contributed by atoms with Crippen molar-refractivity contribution in [1.29, 1.82) is 0 Å². The first-order valence-electron chi connectivity index (χ1n) is 6.89. The maximum absolute atomic E-state index is 12.5. The number of benzene rings is 1. The van der Waals surface area contributed by atoms with Crippen molar-refractivity contribution in [3.05, 3.63) is 70.8 Å². The molecule has 0 spiro atoms. The van der Waals surface area contributed by atoms with E-state index in [0.29, 0.717) is 16.3 Å². The number of aryl methyl sites for hydroxylation is 1. The molecule has 0 amide bonds. The zero-order valence-corrected chi connectivity index (χ0v) is 13.1. The van der Waals surface area contributed by atoms with E-state index in [1.54, 1.807) is 24.4 Å². The third kappa shape index (κ3) is 3.19. The molecular formula is C17H13ClN4O. The number of carbonyl (C=O) groups is 1. The summed E-state index contributed by atoms with van der Waals surface area (Å²) in [6.07, 6.45) is 4.59. The van der Waals surface area contributed by atoms with Crippen LogP contribution in [0.2, 0.25) is 5.02 Å². The molecule has 6 heteroatoms. The van der Waals surface area contributed by atoms with Gasteiger partial charge in [0.05, 0.1) is 11.9 Å². The molecule has 5 nitrogen and oxygen atoms in total. The van der Waals surface area contributed by atoms with Crippen LogP contribution in [0.4, 0.5) is 5.82 Å². The average Bonchev–Trinajstić information content (AvgIpc) is 2.54. The van der Waals surface area contributed by atoms with Crippen LogP contribution in [0.3, 0.4) is 0 Å². The van der Waals surface area contributed by atoms with E-state index in [9.17, 15) is 4.79 Å². The molecule has 2 heterocycles. The highest BCUT2D eigenvalue weighted by Crippen LogP contribution is 2.24. The number of anilines is 1. The summed E-state index contributed by atoms with van der Waals surface area (Å²) in [5.41, 5.74) is 8.65. The Hall–Kier alpha value is -2.79. The Bertz CT molecular complexity index is 861. The third-order valence-electron chi connectivity index (χ3n) is 3.28. The van der Waals surface area contributed by atoms with Gasteiger partial charge in [-0.3, -0.25) is 9.78 Å². The quantitative estimate of drug-likeness (QED) is 0.747. The highest BCUT2D eigenvalue weighted by molar-refractivity contribution is 6.30. The highest BCUT2D eigenvalue weighted by Gasteiger charge is 2.17. The maximum atomic E-state index is 12.5. The van der Waals surface area contributed by atoms with Crippen molar-refractivity contribution in [1.82, 2.24) is 15.0 Å². The summed E-state index contributed by atoms with van der Waals surface area (Å²) < 4.78 is 0. The monoisotopic (exact) mass is 324 g/mol. The van der Waals surface area contributed by atoms with Crippen LogP contribution in [0.5, 0.6) is 0 Å². The molecule has 2 N–H and O–H groups in total. The van der Waals surface area contributed by atoms with Gasteiger partial charge in [0.2, 0.25) is 5.78 Å². The van der Waals surface area contributed by atoms with Crippen molar-refractivity contribution in [3.8, 4) is 11.3 Å². The number of hydrogen-bond donors (Lipinski definition) is 1. The Morgan fingerprint density at radius 3 is 2.74 bits per heavy atom. The van der Waals surface area contributed by atoms with Crippen molar-refractivity contribution in [2.75, 3.05) is 5.73 Å². The summed E-state index contributed by atoms with van der Waals surface area (Å²) >= 11 is 6.08. The van der Waals surface area contributed by atoms with E-state index in [1.807, 2.05) is 19.1 Å². The van der Waals surface area contributed by atoms with Crippen molar-refractivity contribution in [2.24, 2.45) is 0 Å². The molecule has 1 aromatic carbocycles. The second-order valence-corrected chi connectivity index (χ2v) is 5.51. The number of nitrogens with two attached hydrogens (primary N) is 1. The molecular weight excluding hydrogens is 312 g/mol. The molecule has 3 rings (SSSR count). The first kappa shape index (κ1) is 15.1. The lowest BCUT2D eigenvalue weighted by Crippen LogP contribution is -2.10. The molecule has 0 saturated heterocycles. The number of nitrogen functional groups attached to an aromatic ring is 1. The topological polar surface area (TPSA) is 81.8 Å². The zero-order chi connectivity index (χ0) is 16.4. The summed E-state index contributed by atoms with van der Waals surface area (Å²) in [5.74, 6) is -0.231. The van der Waals surface area contributed by atoms with Gasteiger partial charge in [-0.05, 0) is 42.8 Å². The first-order valence-corrected chi connectivity index (χ1v) is 7.27. The maximum Gasteiger partial charge on any atom is 0.216 e. The lowest BCUT2D eigenvalue weighted by Gasteiger charge is -2.07. The fourth-order valence-electron chi connectivity index (χ4n) is 2.22. The molecule has 0 bridgehead atoms. The van der Waals surface area contributed by atoms with Crippen LogP contribution in [-0.4, -0.2) is 20.7 Å². The number of rotatable bonds is 3. The summed E-state index contributed by atoms with van der Waals surface area (Å²) in [6, 6.07) is 8.88. The standard InChI is InChI=1S/C17H13ClN4O/c1-10-5-12(7-13(18)6-10)14-9-21-17(19)15(22-14)16(23)11-3-2-4-20-8-11/h2-9H,1H3,(H2,19,21). The van der Waals surface area contributed by atoms with Crippen LogP contribution in [-0.2, 0) is 0 Å². The van der Waals surface area contributed by atoms with Gasteiger partial charge in [0.15, 0.2) is 11.5 Å². The van der Waals surface area contributed by atoms with E-state index < -0.39 is 0 Å². The van der Waals surface area contributed by atoms with Gasteiger partial charge in [0, 0.05) is 28.5 Å². The Morgan fingerprint density at radius 1 is 1.22 bits per heavy atom. The molecule has 0 aliphatic carbocycles. The molecule has 0 aliphatic heterocycles. The predicted octanol–water partition coefficient (Wildman–Crippen LogP) is 3.31. The molecule has 0 saturated carbocycles. The van der Waals surface area contributed by atoms with Crippen LogP contribution in [0, 0.1) is 6.92 Å². The molecule has 0 fully saturated rings. The van der Waals surface area contributed by atoms with Gasteiger partial charge in [-0.25, -0.2) is 9.97 Å². The van der Waals surface area contributed by atoms with E-state index in [4.69, 9.17) is 17.3 Å².